The van der Waals surface area contributed by atoms with Crippen molar-refractivity contribution in [3.63, 3.8) is 0 Å². The summed E-state index contributed by atoms with van der Waals surface area (Å²) >= 11 is 0. The Labute approximate surface area is 136 Å². The molecule has 6 nitrogen and oxygen atoms in total. The number of carbonyl (C=O) groups excluding carboxylic acids is 2. The molecule has 2 rings (SSSR count). The van der Waals surface area contributed by atoms with Gasteiger partial charge >= 0.3 is 0 Å². The maximum absolute atomic E-state index is 12.3. The maximum atomic E-state index is 12.3. The number of ether oxygens (including phenoxy) is 1. The number of nitrogens with two attached hydrogens (primary N) is 1. The predicted octanol–water partition coefficient (Wildman–Crippen LogP) is 1.80. The van der Waals surface area contributed by atoms with Crippen LogP contribution in [0, 0.1) is 0 Å². The molecule has 1 saturated carbocycles. The van der Waals surface area contributed by atoms with E-state index in [0.717, 1.165) is 32.1 Å². The lowest BCUT2D eigenvalue weighted by Gasteiger charge is -2.31. The van der Waals surface area contributed by atoms with Gasteiger partial charge in [-0.2, -0.15) is 0 Å². The Bertz CT molecular complexity index is 537. The molecule has 6 heteroatoms. The highest BCUT2D eigenvalue weighted by molar-refractivity contribution is 5.98. The average molecular weight is 319 g/mol. The van der Waals surface area contributed by atoms with Crippen LogP contribution < -0.4 is 21.1 Å². The SMILES string of the molecule is CCNC(=O)COc1ccc(NC(=O)C2(N)CCCCC2)cc1. The molecule has 1 aromatic carbocycles. The van der Waals surface area contributed by atoms with Gasteiger partial charge in [-0.15, -0.1) is 0 Å². The molecule has 0 spiro atoms. The molecule has 0 unspecified atom stereocenters. The third-order valence-corrected chi connectivity index (χ3v) is 4.05. The Morgan fingerprint density at radius 1 is 1.17 bits per heavy atom. The topological polar surface area (TPSA) is 93.5 Å². The summed E-state index contributed by atoms with van der Waals surface area (Å²) in [7, 11) is 0. The van der Waals surface area contributed by atoms with E-state index in [1.165, 1.54) is 0 Å². The van der Waals surface area contributed by atoms with Gasteiger partial charge in [0.1, 0.15) is 5.75 Å². The van der Waals surface area contributed by atoms with Crippen LogP contribution in [0.4, 0.5) is 5.69 Å². The molecule has 4 N–H and O–H groups in total. The van der Waals surface area contributed by atoms with E-state index in [9.17, 15) is 9.59 Å². The number of amides is 2. The summed E-state index contributed by atoms with van der Waals surface area (Å²) in [6.45, 7) is 2.41. The van der Waals surface area contributed by atoms with Gasteiger partial charge in [0, 0.05) is 12.2 Å². The highest BCUT2D eigenvalue weighted by Crippen LogP contribution is 2.27. The zero-order valence-electron chi connectivity index (χ0n) is 13.6. The highest BCUT2D eigenvalue weighted by atomic mass is 16.5. The van der Waals surface area contributed by atoms with Gasteiger partial charge in [-0.25, -0.2) is 0 Å². The molecular weight excluding hydrogens is 294 g/mol. The summed E-state index contributed by atoms with van der Waals surface area (Å²) in [5.74, 6) is 0.287. The molecule has 23 heavy (non-hydrogen) atoms. The van der Waals surface area contributed by atoms with Crippen molar-refractivity contribution in [1.82, 2.24) is 5.32 Å². The first kappa shape index (κ1) is 17.3. The molecule has 0 radical (unpaired) electrons. The van der Waals surface area contributed by atoms with Crippen LogP contribution in [-0.2, 0) is 9.59 Å². The van der Waals surface area contributed by atoms with Crippen molar-refractivity contribution in [2.24, 2.45) is 5.73 Å². The third-order valence-electron chi connectivity index (χ3n) is 4.05. The molecule has 0 saturated heterocycles. The molecule has 126 valence electrons. The van der Waals surface area contributed by atoms with Crippen LogP contribution in [0.15, 0.2) is 24.3 Å². The van der Waals surface area contributed by atoms with Gasteiger partial charge in [-0.05, 0) is 44.0 Å². The predicted molar refractivity (Wildman–Crippen MR) is 89.3 cm³/mol. The summed E-state index contributed by atoms with van der Waals surface area (Å²) < 4.78 is 5.37. The van der Waals surface area contributed by atoms with Gasteiger partial charge in [-0.3, -0.25) is 9.59 Å². The number of anilines is 1. The van der Waals surface area contributed by atoms with Crippen LogP contribution in [0.25, 0.3) is 0 Å². The third kappa shape index (κ3) is 4.96. The molecular formula is C17H25N3O3. The minimum Gasteiger partial charge on any atom is -0.484 e. The van der Waals surface area contributed by atoms with Crippen LogP contribution in [0.2, 0.25) is 0 Å². The van der Waals surface area contributed by atoms with E-state index in [1.807, 2.05) is 6.92 Å². The highest BCUT2D eigenvalue weighted by Gasteiger charge is 2.35. The number of hydrogen-bond acceptors (Lipinski definition) is 4. The minimum atomic E-state index is -0.758. The van der Waals surface area contributed by atoms with Crippen molar-refractivity contribution in [1.29, 1.82) is 0 Å². The molecule has 1 fully saturated rings. The molecule has 2 amide bonds. The van der Waals surface area contributed by atoms with Gasteiger partial charge in [-0.1, -0.05) is 19.3 Å². The Hall–Kier alpha value is -2.08. The Morgan fingerprint density at radius 3 is 2.43 bits per heavy atom. The van der Waals surface area contributed by atoms with Crippen LogP contribution >= 0.6 is 0 Å². The standard InChI is InChI=1S/C17H25N3O3/c1-2-19-15(21)12-23-14-8-6-13(7-9-14)20-16(22)17(18)10-4-3-5-11-17/h6-9H,2-5,10-12,18H2,1H3,(H,19,21)(H,20,22). The molecule has 0 atom stereocenters. The van der Waals surface area contributed by atoms with E-state index in [0.29, 0.717) is 18.0 Å². The zero-order chi connectivity index (χ0) is 16.7. The second kappa shape index (κ2) is 7.97. The summed E-state index contributed by atoms with van der Waals surface area (Å²) in [4.78, 5) is 23.7. The first-order chi connectivity index (χ1) is 11.0. The van der Waals surface area contributed by atoms with E-state index in [-0.39, 0.29) is 18.4 Å². The molecule has 0 heterocycles. The first-order valence-electron chi connectivity index (χ1n) is 8.13. The molecule has 1 aliphatic carbocycles. The Kier molecular flexibility index (Phi) is 5.98. The smallest absolute Gasteiger partial charge is 0.257 e. The fourth-order valence-corrected chi connectivity index (χ4v) is 2.70. The van der Waals surface area contributed by atoms with E-state index >= 15 is 0 Å². The van der Waals surface area contributed by atoms with Crippen molar-refractivity contribution in [3.8, 4) is 5.75 Å². The van der Waals surface area contributed by atoms with Gasteiger partial charge < -0.3 is 21.1 Å². The summed E-state index contributed by atoms with van der Waals surface area (Å²) in [6, 6.07) is 6.94. The number of rotatable bonds is 6. The van der Waals surface area contributed by atoms with Gasteiger partial charge in [0.15, 0.2) is 6.61 Å². The van der Waals surface area contributed by atoms with Gasteiger partial charge in [0.2, 0.25) is 5.91 Å². The van der Waals surface area contributed by atoms with E-state index < -0.39 is 5.54 Å². The average Bonchev–Trinajstić information content (AvgIpc) is 2.55. The van der Waals surface area contributed by atoms with Crippen molar-refractivity contribution in [2.75, 3.05) is 18.5 Å². The fourth-order valence-electron chi connectivity index (χ4n) is 2.70. The quantitative estimate of drug-likeness (QED) is 0.745. The van der Waals surface area contributed by atoms with E-state index in [4.69, 9.17) is 10.5 Å². The second-order valence-electron chi connectivity index (χ2n) is 5.94. The summed E-state index contributed by atoms with van der Waals surface area (Å²) in [5, 5.41) is 5.52. The number of likely N-dealkylation sites (N-methyl/N-ethyl adjacent to an activating group) is 1. The lowest BCUT2D eigenvalue weighted by Crippen LogP contribution is -2.52. The van der Waals surface area contributed by atoms with E-state index in [2.05, 4.69) is 10.6 Å². The lowest BCUT2D eigenvalue weighted by molar-refractivity contribution is -0.123. The molecule has 0 bridgehead atoms. The van der Waals surface area contributed by atoms with Crippen molar-refractivity contribution >= 4 is 17.5 Å². The Morgan fingerprint density at radius 2 is 1.83 bits per heavy atom. The van der Waals surface area contributed by atoms with Gasteiger partial charge in [0.05, 0.1) is 5.54 Å². The van der Waals surface area contributed by atoms with Crippen LogP contribution in [0.3, 0.4) is 0 Å². The molecule has 0 aliphatic heterocycles. The minimum absolute atomic E-state index is 0.0224. The van der Waals surface area contributed by atoms with Crippen molar-refractivity contribution in [2.45, 2.75) is 44.6 Å². The number of nitrogens with one attached hydrogen (secondary N) is 2. The lowest BCUT2D eigenvalue weighted by atomic mass is 9.82. The van der Waals surface area contributed by atoms with Crippen molar-refractivity contribution in [3.05, 3.63) is 24.3 Å². The largest absolute Gasteiger partial charge is 0.484 e. The Balaban J connectivity index is 1.87. The first-order valence-corrected chi connectivity index (χ1v) is 8.13. The molecule has 1 aliphatic rings. The molecule has 0 aromatic heterocycles. The van der Waals surface area contributed by atoms with Crippen molar-refractivity contribution < 1.29 is 14.3 Å². The van der Waals surface area contributed by atoms with Gasteiger partial charge in [0.25, 0.3) is 5.91 Å². The maximum Gasteiger partial charge on any atom is 0.257 e. The monoisotopic (exact) mass is 319 g/mol. The molecule has 1 aromatic rings. The number of carbonyl (C=O) groups is 2. The normalized spacial score (nSPS) is 16.4. The van der Waals surface area contributed by atoms with E-state index in [1.54, 1.807) is 24.3 Å². The fraction of sp³-hybridized carbons (Fsp3) is 0.529. The van der Waals surface area contributed by atoms with Crippen LogP contribution in [0.1, 0.15) is 39.0 Å². The summed E-state index contributed by atoms with van der Waals surface area (Å²) in [6.07, 6.45) is 4.59. The summed E-state index contributed by atoms with van der Waals surface area (Å²) in [5.41, 5.74) is 6.13. The zero-order valence-corrected chi connectivity index (χ0v) is 13.6. The van der Waals surface area contributed by atoms with Crippen LogP contribution in [-0.4, -0.2) is 30.5 Å². The second-order valence-corrected chi connectivity index (χ2v) is 5.94. The number of hydrogen-bond donors (Lipinski definition) is 3. The number of benzene rings is 1. The van der Waals surface area contributed by atoms with Crippen LogP contribution in [0.5, 0.6) is 5.75 Å².